The second kappa shape index (κ2) is 5.33. The van der Waals surface area contributed by atoms with Gasteiger partial charge in [-0.05, 0) is 6.42 Å². The summed E-state index contributed by atoms with van der Waals surface area (Å²) < 4.78 is 0. The predicted molar refractivity (Wildman–Crippen MR) is 48.7 cm³/mol. The summed E-state index contributed by atoms with van der Waals surface area (Å²) in [4.78, 5) is 2.47. The standard InChI is InChI=1S/C9H18N2/c1-2-3-4-7-11-8-5-10-6-9-11/h3-4,10H,2,5-9H2,1H3/b4-3+. The summed E-state index contributed by atoms with van der Waals surface area (Å²) in [7, 11) is 0. The van der Waals surface area contributed by atoms with Gasteiger partial charge in [-0.3, -0.25) is 4.90 Å². The van der Waals surface area contributed by atoms with Gasteiger partial charge < -0.3 is 5.32 Å². The number of rotatable bonds is 3. The molecule has 0 aromatic carbocycles. The highest BCUT2D eigenvalue weighted by molar-refractivity contribution is 4.84. The molecule has 0 amide bonds. The third-order valence-corrected chi connectivity index (χ3v) is 1.98. The maximum absolute atomic E-state index is 3.34. The molecule has 0 aromatic heterocycles. The minimum Gasteiger partial charge on any atom is -0.314 e. The van der Waals surface area contributed by atoms with Crippen LogP contribution in [0.5, 0.6) is 0 Å². The van der Waals surface area contributed by atoms with E-state index in [0.717, 1.165) is 26.1 Å². The van der Waals surface area contributed by atoms with E-state index in [4.69, 9.17) is 0 Å². The Bertz CT molecular complexity index is 115. The maximum Gasteiger partial charge on any atom is 0.0164 e. The highest BCUT2D eigenvalue weighted by Crippen LogP contribution is 1.92. The van der Waals surface area contributed by atoms with Gasteiger partial charge in [-0.25, -0.2) is 0 Å². The van der Waals surface area contributed by atoms with Crippen LogP contribution < -0.4 is 5.32 Å². The van der Waals surface area contributed by atoms with Crippen molar-refractivity contribution in [2.75, 3.05) is 32.7 Å². The van der Waals surface area contributed by atoms with Crippen molar-refractivity contribution in [3.8, 4) is 0 Å². The van der Waals surface area contributed by atoms with Crippen molar-refractivity contribution in [2.24, 2.45) is 0 Å². The van der Waals surface area contributed by atoms with Gasteiger partial charge in [0.15, 0.2) is 0 Å². The van der Waals surface area contributed by atoms with Crippen LogP contribution in [-0.4, -0.2) is 37.6 Å². The Morgan fingerprint density at radius 2 is 2.00 bits per heavy atom. The van der Waals surface area contributed by atoms with E-state index in [2.05, 4.69) is 29.3 Å². The molecule has 2 nitrogen and oxygen atoms in total. The van der Waals surface area contributed by atoms with Gasteiger partial charge in [0.2, 0.25) is 0 Å². The molecule has 0 aliphatic carbocycles. The average Bonchev–Trinajstić information content (AvgIpc) is 2.07. The molecule has 0 bridgehead atoms. The van der Waals surface area contributed by atoms with Crippen LogP contribution in [0.25, 0.3) is 0 Å². The monoisotopic (exact) mass is 154 g/mol. The smallest absolute Gasteiger partial charge is 0.0164 e. The highest BCUT2D eigenvalue weighted by Gasteiger charge is 2.05. The molecule has 11 heavy (non-hydrogen) atoms. The molecule has 1 N–H and O–H groups in total. The molecule has 0 radical (unpaired) electrons. The first-order chi connectivity index (χ1) is 5.43. The van der Waals surface area contributed by atoms with Crippen molar-refractivity contribution in [1.82, 2.24) is 10.2 Å². The summed E-state index contributed by atoms with van der Waals surface area (Å²) in [5, 5.41) is 3.34. The summed E-state index contributed by atoms with van der Waals surface area (Å²) >= 11 is 0. The van der Waals surface area contributed by atoms with Gasteiger partial charge in [0.05, 0.1) is 0 Å². The van der Waals surface area contributed by atoms with Crippen LogP contribution in [-0.2, 0) is 0 Å². The van der Waals surface area contributed by atoms with Crippen molar-refractivity contribution in [3.63, 3.8) is 0 Å². The largest absolute Gasteiger partial charge is 0.314 e. The summed E-state index contributed by atoms with van der Waals surface area (Å²) in [5.74, 6) is 0. The summed E-state index contributed by atoms with van der Waals surface area (Å²) in [6.07, 6.45) is 5.67. The topological polar surface area (TPSA) is 15.3 Å². The SMILES string of the molecule is CC/C=C/CN1CCNCC1. The molecule has 2 heteroatoms. The van der Waals surface area contributed by atoms with E-state index in [9.17, 15) is 0 Å². The molecule has 0 atom stereocenters. The third kappa shape index (κ3) is 3.54. The van der Waals surface area contributed by atoms with Crippen molar-refractivity contribution in [1.29, 1.82) is 0 Å². The van der Waals surface area contributed by atoms with Gasteiger partial charge in [0.25, 0.3) is 0 Å². The molecule has 64 valence electrons. The van der Waals surface area contributed by atoms with Gasteiger partial charge in [-0.15, -0.1) is 0 Å². The summed E-state index contributed by atoms with van der Waals surface area (Å²) in [5.41, 5.74) is 0. The Labute approximate surface area is 69.3 Å². The fraction of sp³-hybridized carbons (Fsp3) is 0.778. The van der Waals surface area contributed by atoms with Gasteiger partial charge >= 0.3 is 0 Å². The van der Waals surface area contributed by atoms with Gasteiger partial charge in [-0.1, -0.05) is 19.1 Å². The van der Waals surface area contributed by atoms with E-state index in [1.807, 2.05) is 0 Å². The van der Waals surface area contributed by atoms with Crippen LogP contribution in [0, 0.1) is 0 Å². The Hall–Kier alpha value is -0.340. The van der Waals surface area contributed by atoms with Crippen molar-refractivity contribution in [2.45, 2.75) is 13.3 Å². The highest BCUT2D eigenvalue weighted by atomic mass is 15.2. The van der Waals surface area contributed by atoms with E-state index in [-0.39, 0.29) is 0 Å². The Morgan fingerprint density at radius 3 is 2.64 bits per heavy atom. The van der Waals surface area contributed by atoms with Gasteiger partial charge in [0, 0.05) is 32.7 Å². The summed E-state index contributed by atoms with van der Waals surface area (Å²) in [6, 6.07) is 0. The number of allylic oxidation sites excluding steroid dienone is 1. The first kappa shape index (κ1) is 8.75. The van der Waals surface area contributed by atoms with Crippen LogP contribution in [0.3, 0.4) is 0 Å². The first-order valence-corrected chi connectivity index (χ1v) is 4.51. The third-order valence-electron chi connectivity index (χ3n) is 1.98. The van der Waals surface area contributed by atoms with Gasteiger partial charge in [0.1, 0.15) is 0 Å². The number of hydrogen-bond donors (Lipinski definition) is 1. The second-order valence-electron chi connectivity index (χ2n) is 2.93. The molecular formula is C9H18N2. The molecule has 0 unspecified atom stereocenters. The van der Waals surface area contributed by atoms with E-state index in [0.29, 0.717) is 0 Å². The molecule has 1 heterocycles. The number of piperazine rings is 1. The van der Waals surface area contributed by atoms with Gasteiger partial charge in [-0.2, -0.15) is 0 Å². The maximum atomic E-state index is 3.34. The van der Waals surface area contributed by atoms with E-state index in [1.54, 1.807) is 0 Å². The molecule has 1 aliphatic heterocycles. The lowest BCUT2D eigenvalue weighted by atomic mass is 10.3. The average molecular weight is 154 g/mol. The predicted octanol–water partition coefficient (Wildman–Crippen LogP) is 0.858. The lowest BCUT2D eigenvalue weighted by Crippen LogP contribution is -2.43. The van der Waals surface area contributed by atoms with Crippen molar-refractivity contribution < 1.29 is 0 Å². The molecule has 1 fully saturated rings. The minimum absolute atomic E-state index is 1.13. The van der Waals surface area contributed by atoms with Crippen LogP contribution in [0.15, 0.2) is 12.2 Å². The zero-order valence-corrected chi connectivity index (χ0v) is 7.34. The van der Waals surface area contributed by atoms with Crippen LogP contribution in [0.1, 0.15) is 13.3 Å². The minimum atomic E-state index is 1.13. The lowest BCUT2D eigenvalue weighted by molar-refractivity contribution is 0.264. The van der Waals surface area contributed by atoms with Crippen molar-refractivity contribution >= 4 is 0 Å². The molecule has 1 rings (SSSR count). The van der Waals surface area contributed by atoms with Crippen molar-refractivity contribution in [3.05, 3.63) is 12.2 Å². The summed E-state index contributed by atoms with van der Waals surface area (Å²) in [6.45, 7) is 8.02. The first-order valence-electron chi connectivity index (χ1n) is 4.51. The number of nitrogens with one attached hydrogen (secondary N) is 1. The molecule has 0 spiro atoms. The molecule has 0 aromatic rings. The number of nitrogens with zero attached hydrogens (tertiary/aromatic N) is 1. The van der Waals surface area contributed by atoms with Crippen LogP contribution in [0.4, 0.5) is 0 Å². The van der Waals surface area contributed by atoms with E-state index >= 15 is 0 Å². The Morgan fingerprint density at radius 1 is 1.27 bits per heavy atom. The molecular weight excluding hydrogens is 136 g/mol. The zero-order valence-electron chi connectivity index (χ0n) is 7.34. The second-order valence-corrected chi connectivity index (χ2v) is 2.93. The number of hydrogen-bond acceptors (Lipinski definition) is 2. The molecule has 0 saturated carbocycles. The normalized spacial score (nSPS) is 21.2. The Kier molecular flexibility index (Phi) is 4.24. The Balaban J connectivity index is 2.09. The zero-order chi connectivity index (χ0) is 7.94. The fourth-order valence-electron chi connectivity index (χ4n) is 1.28. The lowest BCUT2D eigenvalue weighted by Gasteiger charge is -2.25. The molecule has 1 aliphatic rings. The fourth-order valence-corrected chi connectivity index (χ4v) is 1.28. The van der Waals surface area contributed by atoms with Crippen LogP contribution in [0.2, 0.25) is 0 Å². The molecule has 1 saturated heterocycles. The van der Waals surface area contributed by atoms with E-state index < -0.39 is 0 Å². The van der Waals surface area contributed by atoms with E-state index in [1.165, 1.54) is 13.1 Å². The van der Waals surface area contributed by atoms with Crippen LogP contribution >= 0.6 is 0 Å². The quantitative estimate of drug-likeness (QED) is 0.606.